The Morgan fingerprint density at radius 1 is 1.06 bits per heavy atom. The van der Waals surface area contributed by atoms with E-state index in [-0.39, 0.29) is 0 Å². The molecule has 1 N–H and O–H groups in total. The molecule has 0 saturated heterocycles. The molecule has 0 spiro atoms. The molecule has 0 fully saturated rings. The Morgan fingerprint density at radius 3 is 2.38 bits per heavy atom. The number of aryl methyl sites for hydroxylation is 1. The summed E-state index contributed by atoms with van der Waals surface area (Å²) in [6.07, 6.45) is 3.54. The molecule has 0 saturated carbocycles. The molecule has 0 unspecified atom stereocenters. The van der Waals surface area contributed by atoms with Gasteiger partial charge in [0, 0.05) is 30.6 Å². The predicted molar refractivity (Wildman–Crippen MR) is 64.3 cm³/mol. The molecule has 0 aliphatic rings. The maximum absolute atomic E-state index is 4.47. The normalized spacial score (nSPS) is 10.2. The van der Waals surface area contributed by atoms with Crippen LogP contribution in [0.1, 0.15) is 11.4 Å². The first-order valence-corrected chi connectivity index (χ1v) is 5.15. The standard InChI is InChI=1S/C12H14N4/c1-8-11(10-4-6-14-7-5-10)15-9(2)16-12(8)13-3/h4-7H,1-3H3,(H,13,15,16). The van der Waals surface area contributed by atoms with Crippen molar-refractivity contribution in [1.29, 1.82) is 0 Å². The highest BCUT2D eigenvalue weighted by Gasteiger charge is 2.09. The number of pyridine rings is 1. The lowest BCUT2D eigenvalue weighted by Crippen LogP contribution is -2.02. The minimum atomic E-state index is 0.766. The summed E-state index contributed by atoms with van der Waals surface area (Å²) >= 11 is 0. The van der Waals surface area contributed by atoms with E-state index < -0.39 is 0 Å². The summed E-state index contributed by atoms with van der Waals surface area (Å²) < 4.78 is 0. The van der Waals surface area contributed by atoms with Crippen molar-refractivity contribution in [3.05, 3.63) is 35.9 Å². The number of hydrogen-bond donors (Lipinski definition) is 1. The van der Waals surface area contributed by atoms with E-state index in [2.05, 4.69) is 20.3 Å². The zero-order valence-electron chi connectivity index (χ0n) is 9.65. The van der Waals surface area contributed by atoms with Gasteiger partial charge in [-0.3, -0.25) is 4.98 Å². The van der Waals surface area contributed by atoms with E-state index in [1.54, 1.807) is 12.4 Å². The molecule has 16 heavy (non-hydrogen) atoms. The number of hydrogen-bond acceptors (Lipinski definition) is 4. The second-order valence-corrected chi connectivity index (χ2v) is 3.58. The minimum absolute atomic E-state index is 0.766. The predicted octanol–water partition coefficient (Wildman–Crippen LogP) is 2.20. The molecule has 0 atom stereocenters. The van der Waals surface area contributed by atoms with Gasteiger partial charge in [0.1, 0.15) is 11.6 Å². The highest BCUT2D eigenvalue weighted by Crippen LogP contribution is 2.24. The third-order valence-corrected chi connectivity index (χ3v) is 2.45. The van der Waals surface area contributed by atoms with Crippen molar-refractivity contribution in [1.82, 2.24) is 15.0 Å². The van der Waals surface area contributed by atoms with E-state index in [1.165, 1.54) is 0 Å². The van der Waals surface area contributed by atoms with Gasteiger partial charge in [0.25, 0.3) is 0 Å². The average Bonchev–Trinajstić information content (AvgIpc) is 2.33. The monoisotopic (exact) mass is 214 g/mol. The van der Waals surface area contributed by atoms with Gasteiger partial charge in [0.05, 0.1) is 5.69 Å². The molecular weight excluding hydrogens is 200 g/mol. The maximum atomic E-state index is 4.47. The van der Waals surface area contributed by atoms with E-state index in [0.29, 0.717) is 0 Å². The van der Waals surface area contributed by atoms with Crippen LogP contribution < -0.4 is 5.32 Å². The zero-order valence-corrected chi connectivity index (χ0v) is 9.65. The van der Waals surface area contributed by atoms with Crippen LogP contribution in [0.3, 0.4) is 0 Å². The quantitative estimate of drug-likeness (QED) is 0.832. The number of anilines is 1. The van der Waals surface area contributed by atoms with E-state index in [9.17, 15) is 0 Å². The fourth-order valence-corrected chi connectivity index (χ4v) is 1.66. The van der Waals surface area contributed by atoms with Crippen molar-refractivity contribution in [2.24, 2.45) is 0 Å². The minimum Gasteiger partial charge on any atom is -0.373 e. The van der Waals surface area contributed by atoms with E-state index in [1.807, 2.05) is 33.0 Å². The van der Waals surface area contributed by atoms with Crippen molar-refractivity contribution < 1.29 is 0 Å². The van der Waals surface area contributed by atoms with Crippen LogP contribution in [0, 0.1) is 13.8 Å². The molecule has 82 valence electrons. The first kappa shape index (κ1) is 10.5. The lowest BCUT2D eigenvalue weighted by atomic mass is 10.1. The first-order chi connectivity index (χ1) is 7.72. The van der Waals surface area contributed by atoms with Crippen LogP contribution in [-0.2, 0) is 0 Å². The van der Waals surface area contributed by atoms with Crippen LogP contribution in [0.25, 0.3) is 11.3 Å². The van der Waals surface area contributed by atoms with Crippen LogP contribution in [0.4, 0.5) is 5.82 Å². The van der Waals surface area contributed by atoms with Crippen molar-refractivity contribution in [3.8, 4) is 11.3 Å². The van der Waals surface area contributed by atoms with Gasteiger partial charge in [-0.25, -0.2) is 9.97 Å². The van der Waals surface area contributed by atoms with Gasteiger partial charge < -0.3 is 5.32 Å². The first-order valence-electron chi connectivity index (χ1n) is 5.15. The summed E-state index contributed by atoms with van der Waals surface area (Å²) in [7, 11) is 1.87. The van der Waals surface area contributed by atoms with Gasteiger partial charge in [-0.05, 0) is 26.0 Å². The summed E-state index contributed by atoms with van der Waals surface area (Å²) in [5, 5.41) is 3.08. The second-order valence-electron chi connectivity index (χ2n) is 3.58. The van der Waals surface area contributed by atoms with Crippen molar-refractivity contribution in [3.63, 3.8) is 0 Å². The fourth-order valence-electron chi connectivity index (χ4n) is 1.66. The van der Waals surface area contributed by atoms with E-state index in [0.717, 1.165) is 28.5 Å². The summed E-state index contributed by atoms with van der Waals surface area (Å²) in [6.45, 7) is 3.91. The summed E-state index contributed by atoms with van der Waals surface area (Å²) in [5.74, 6) is 1.64. The third kappa shape index (κ3) is 1.86. The number of nitrogens with zero attached hydrogens (tertiary/aromatic N) is 3. The molecular formula is C12H14N4. The smallest absolute Gasteiger partial charge is 0.132 e. The Labute approximate surface area is 94.8 Å². The Bertz CT molecular complexity index is 494. The summed E-state index contributed by atoms with van der Waals surface area (Å²) in [6, 6.07) is 3.91. The zero-order chi connectivity index (χ0) is 11.5. The lowest BCUT2D eigenvalue weighted by molar-refractivity contribution is 1.04. The molecule has 0 bridgehead atoms. The molecule has 2 aromatic heterocycles. The van der Waals surface area contributed by atoms with Crippen LogP contribution >= 0.6 is 0 Å². The van der Waals surface area contributed by atoms with Gasteiger partial charge in [0.15, 0.2) is 0 Å². The number of rotatable bonds is 2. The van der Waals surface area contributed by atoms with Gasteiger partial charge >= 0.3 is 0 Å². The second kappa shape index (κ2) is 4.26. The molecule has 2 heterocycles. The molecule has 2 aromatic rings. The Hall–Kier alpha value is -1.97. The van der Waals surface area contributed by atoms with Crippen molar-refractivity contribution in [2.75, 3.05) is 12.4 Å². The Balaban J connectivity index is 2.61. The van der Waals surface area contributed by atoms with Crippen LogP contribution in [0.5, 0.6) is 0 Å². The van der Waals surface area contributed by atoms with Gasteiger partial charge in [-0.15, -0.1) is 0 Å². The third-order valence-electron chi connectivity index (χ3n) is 2.45. The molecule has 0 aromatic carbocycles. The highest BCUT2D eigenvalue weighted by molar-refractivity contribution is 5.67. The molecule has 0 aliphatic heterocycles. The SMILES string of the molecule is CNc1nc(C)nc(-c2ccncc2)c1C. The van der Waals surface area contributed by atoms with Crippen molar-refractivity contribution in [2.45, 2.75) is 13.8 Å². The maximum Gasteiger partial charge on any atom is 0.132 e. The lowest BCUT2D eigenvalue weighted by Gasteiger charge is -2.10. The van der Waals surface area contributed by atoms with Gasteiger partial charge in [-0.2, -0.15) is 0 Å². The fraction of sp³-hybridized carbons (Fsp3) is 0.250. The Morgan fingerprint density at radius 2 is 1.75 bits per heavy atom. The number of aromatic nitrogens is 3. The van der Waals surface area contributed by atoms with Crippen molar-refractivity contribution >= 4 is 5.82 Å². The summed E-state index contributed by atoms with van der Waals surface area (Å²) in [4.78, 5) is 12.8. The van der Waals surface area contributed by atoms with Gasteiger partial charge in [-0.1, -0.05) is 0 Å². The van der Waals surface area contributed by atoms with Gasteiger partial charge in [0.2, 0.25) is 0 Å². The van der Waals surface area contributed by atoms with Crippen LogP contribution in [-0.4, -0.2) is 22.0 Å². The largest absolute Gasteiger partial charge is 0.373 e. The molecule has 0 radical (unpaired) electrons. The number of nitrogens with one attached hydrogen (secondary N) is 1. The molecule has 4 heteroatoms. The molecule has 0 aliphatic carbocycles. The van der Waals surface area contributed by atoms with Crippen LogP contribution in [0.15, 0.2) is 24.5 Å². The van der Waals surface area contributed by atoms with E-state index >= 15 is 0 Å². The topological polar surface area (TPSA) is 50.7 Å². The molecule has 4 nitrogen and oxygen atoms in total. The average molecular weight is 214 g/mol. The summed E-state index contributed by atoms with van der Waals surface area (Å²) in [5.41, 5.74) is 3.08. The molecule has 2 rings (SSSR count). The highest BCUT2D eigenvalue weighted by atomic mass is 15.0. The molecule has 0 amide bonds. The Kier molecular flexibility index (Phi) is 2.81. The van der Waals surface area contributed by atoms with E-state index in [4.69, 9.17) is 0 Å². The van der Waals surface area contributed by atoms with Crippen LogP contribution in [0.2, 0.25) is 0 Å².